The van der Waals surface area contributed by atoms with Gasteiger partial charge in [-0.05, 0) is 44.4 Å². The molecule has 0 radical (unpaired) electrons. The van der Waals surface area contributed by atoms with E-state index in [0.717, 1.165) is 26.5 Å². The molecular weight excluding hydrogens is 464 g/mol. The molecule has 2 fully saturated rings. The highest BCUT2D eigenvalue weighted by atomic mass is 32.1. The molecule has 9 heteroatoms. The predicted octanol–water partition coefficient (Wildman–Crippen LogP) is 4.44. The lowest BCUT2D eigenvalue weighted by atomic mass is 9.93. The number of aromatic nitrogens is 4. The summed E-state index contributed by atoms with van der Waals surface area (Å²) < 4.78 is 21.8. The predicted molar refractivity (Wildman–Crippen MR) is 131 cm³/mol. The van der Waals surface area contributed by atoms with Crippen molar-refractivity contribution in [2.75, 3.05) is 6.61 Å². The molecule has 1 N–H and O–H groups in total. The van der Waals surface area contributed by atoms with Crippen molar-refractivity contribution < 1.29 is 19.3 Å². The Morgan fingerprint density at radius 1 is 1.06 bits per heavy atom. The molecule has 2 aromatic heterocycles. The first-order valence-corrected chi connectivity index (χ1v) is 12.7. The Bertz CT molecular complexity index is 1340. The van der Waals surface area contributed by atoms with Crippen molar-refractivity contribution in [2.45, 2.75) is 57.9 Å². The van der Waals surface area contributed by atoms with E-state index in [2.05, 4.69) is 28.1 Å². The first-order valence-electron chi connectivity index (χ1n) is 11.9. The van der Waals surface area contributed by atoms with Gasteiger partial charge in [0, 0.05) is 5.56 Å². The lowest BCUT2D eigenvalue weighted by Crippen LogP contribution is -2.44. The number of fused-ring (bicyclic) bond motifs is 2. The average Bonchev–Trinajstić information content (AvgIpc) is 3.40. The van der Waals surface area contributed by atoms with Gasteiger partial charge in [0.25, 0.3) is 0 Å². The summed E-state index contributed by atoms with van der Waals surface area (Å²) in [4.78, 5) is 9.24. The van der Waals surface area contributed by atoms with E-state index in [4.69, 9.17) is 14.2 Å². The van der Waals surface area contributed by atoms with Gasteiger partial charge in [0.1, 0.15) is 18.0 Å². The van der Waals surface area contributed by atoms with Crippen LogP contribution in [0.15, 0.2) is 48.5 Å². The van der Waals surface area contributed by atoms with Crippen LogP contribution >= 0.6 is 11.3 Å². The molecule has 0 aliphatic carbocycles. The number of rotatable bonds is 3. The minimum atomic E-state index is -0.758. The SMILES string of the molecule is Cc1nc([C@@H]2OC3COC(c4ccccc4)O[C@@H]3C(C)CC2O)n(-c2ccc3nc(C)sc3c2)n1. The van der Waals surface area contributed by atoms with Gasteiger partial charge in [0.2, 0.25) is 0 Å². The third kappa shape index (κ3) is 4.28. The Morgan fingerprint density at radius 3 is 2.71 bits per heavy atom. The van der Waals surface area contributed by atoms with Gasteiger partial charge >= 0.3 is 0 Å². The van der Waals surface area contributed by atoms with E-state index in [1.54, 1.807) is 16.0 Å². The van der Waals surface area contributed by atoms with Crippen molar-refractivity contribution in [1.29, 1.82) is 0 Å². The van der Waals surface area contributed by atoms with Crippen LogP contribution in [-0.4, -0.2) is 49.8 Å². The molecule has 0 saturated carbocycles. The van der Waals surface area contributed by atoms with Gasteiger partial charge in [-0.1, -0.05) is 37.3 Å². The van der Waals surface area contributed by atoms with Gasteiger partial charge in [-0.3, -0.25) is 0 Å². The number of benzene rings is 2. The van der Waals surface area contributed by atoms with Crippen molar-refractivity contribution in [1.82, 2.24) is 19.7 Å². The highest BCUT2D eigenvalue weighted by Gasteiger charge is 2.45. The third-order valence-electron chi connectivity index (χ3n) is 6.69. The van der Waals surface area contributed by atoms with Crippen molar-refractivity contribution >= 4 is 21.6 Å². The number of ether oxygens (including phenoxy) is 3. The van der Waals surface area contributed by atoms with Gasteiger partial charge in [0.05, 0.1) is 39.7 Å². The first-order chi connectivity index (χ1) is 17.0. The second-order valence-electron chi connectivity index (χ2n) is 9.37. The molecule has 6 rings (SSSR count). The summed E-state index contributed by atoms with van der Waals surface area (Å²) in [6.45, 7) is 6.31. The van der Waals surface area contributed by atoms with Gasteiger partial charge < -0.3 is 19.3 Å². The maximum atomic E-state index is 11.2. The van der Waals surface area contributed by atoms with Crippen molar-refractivity contribution in [3.05, 3.63) is 70.8 Å². The molecule has 2 saturated heterocycles. The fourth-order valence-electron chi connectivity index (χ4n) is 5.07. The number of hydrogen-bond acceptors (Lipinski definition) is 8. The second-order valence-corrected chi connectivity index (χ2v) is 10.6. The summed E-state index contributed by atoms with van der Waals surface area (Å²) >= 11 is 1.64. The monoisotopic (exact) mass is 492 g/mol. The largest absolute Gasteiger partial charge is 0.390 e. The Balaban J connectivity index is 1.31. The summed E-state index contributed by atoms with van der Waals surface area (Å²) in [5.74, 6) is 1.27. The van der Waals surface area contributed by atoms with Crippen LogP contribution in [0, 0.1) is 19.8 Å². The lowest BCUT2D eigenvalue weighted by molar-refractivity contribution is -0.278. The van der Waals surface area contributed by atoms with E-state index in [0.29, 0.717) is 24.7 Å². The molecule has 35 heavy (non-hydrogen) atoms. The number of thiazole rings is 1. The normalized spacial score (nSPS) is 29.1. The molecule has 4 aromatic rings. The van der Waals surface area contributed by atoms with Gasteiger partial charge in [-0.25, -0.2) is 14.6 Å². The highest BCUT2D eigenvalue weighted by molar-refractivity contribution is 7.18. The molecule has 182 valence electrons. The highest BCUT2D eigenvalue weighted by Crippen LogP contribution is 2.40. The Morgan fingerprint density at radius 2 is 1.89 bits per heavy atom. The minimum absolute atomic E-state index is 0.0732. The molecule has 4 unspecified atom stereocenters. The van der Waals surface area contributed by atoms with Gasteiger partial charge in [-0.2, -0.15) is 5.10 Å². The first kappa shape index (κ1) is 22.8. The Labute approximate surface area is 207 Å². The molecule has 2 aliphatic rings. The summed E-state index contributed by atoms with van der Waals surface area (Å²) in [5, 5.41) is 16.9. The number of nitrogens with zero attached hydrogens (tertiary/aromatic N) is 4. The average molecular weight is 493 g/mol. The standard InChI is InChI=1S/C26H28N4O4S/c1-14-11-20(31)24(33-21-13-32-26(34-23(14)21)17-7-5-4-6-8-17)25-27-15(2)29-30(25)18-9-10-19-22(12-18)35-16(3)28-19/h4-10,12,14,20-21,23-24,26,31H,11,13H2,1-3H3/t14?,20?,21?,23-,24-,26?/m1/s1. The molecule has 8 nitrogen and oxygen atoms in total. The topological polar surface area (TPSA) is 91.5 Å². The number of aryl methyl sites for hydroxylation is 2. The van der Waals surface area contributed by atoms with E-state index < -0.39 is 18.5 Å². The fraction of sp³-hybridized carbons (Fsp3) is 0.423. The number of aliphatic hydroxyl groups is 1. The van der Waals surface area contributed by atoms with Crippen LogP contribution in [0.25, 0.3) is 15.9 Å². The molecule has 6 atom stereocenters. The molecular formula is C26H28N4O4S. The molecule has 0 bridgehead atoms. The molecule has 2 aliphatic heterocycles. The van der Waals surface area contributed by atoms with Crippen molar-refractivity contribution in [3.8, 4) is 5.69 Å². The van der Waals surface area contributed by atoms with Crippen molar-refractivity contribution in [2.24, 2.45) is 5.92 Å². The summed E-state index contributed by atoms with van der Waals surface area (Å²) in [6.07, 6.45) is -1.88. The zero-order valence-corrected chi connectivity index (χ0v) is 20.7. The molecule has 0 amide bonds. The smallest absolute Gasteiger partial charge is 0.184 e. The van der Waals surface area contributed by atoms with Crippen LogP contribution in [0.5, 0.6) is 0 Å². The third-order valence-corrected chi connectivity index (χ3v) is 7.63. The van der Waals surface area contributed by atoms with Crippen LogP contribution in [0.4, 0.5) is 0 Å². The summed E-state index contributed by atoms with van der Waals surface area (Å²) in [7, 11) is 0. The van der Waals surface area contributed by atoms with E-state index in [1.165, 1.54) is 0 Å². The molecule has 4 heterocycles. The maximum Gasteiger partial charge on any atom is 0.184 e. The molecule has 2 aromatic carbocycles. The summed E-state index contributed by atoms with van der Waals surface area (Å²) in [6, 6.07) is 15.9. The van der Waals surface area contributed by atoms with Crippen LogP contribution < -0.4 is 0 Å². The van der Waals surface area contributed by atoms with Crippen LogP contribution in [0.2, 0.25) is 0 Å². The van der Waals surface area contributed by atoms with Crippen LogP contribution in [0.1, 0.15) is 48.0 Å². The van der Waals surface area contributed by atoms with E-state index in [-0.39, 0.29) is 18.1 Å². The van der Waals surface area contributed by atoms with E-state index >= 15 is 0 Å². The zero-order chi connectivity index (χ0) is 24.1. The maximum absolute atomic E-state index is 11.2. The Hall–Kier alpha value is -2.69. The fourth-order valence-corrected chi connectivity index (χ4v) is 5.93. The van der Waals surface area contributed by atoms with E-state index in [1.807, 2.05) is 56.3 Å². The quantitative estimate of drug-likeness (QED) is 0.452. The summed E-state index contributed by atoms with van der Waals surface area (Å²) in [5.41, 5.74) is 2.80. The van der Waals surface area contributed by atoms with Gasteiger partial charge in [-0.15, -0.1) is 11.3 Å². The van der Waals surface area contributed by atoms with Gasteiger partial charge in [0.15, 0.2) is 12.1 Å². The lowest BCUT2D eigenvalue weighted by Gasteiger charge is -2.38. The minimum Gasteiger partial charge on any atom is -0.390 e. The van der Waals surface area contributed by atoms with E-state index in [9.17, 15) is 5.11 Å². The second kappa shape index (κ2) is 9.07. The number of aliphatic hydroxyl groups excluding tert-OH is 1. The van der Waals surface area contributed by atoms with Crippen molar-refractivity contribution in [3.63, 3.8) is 0 Å². The van der Waals surface area contributed by atoms with Crippen LogP contribution in [-0.2, 0) is 14.2 Å². The Kier molecular flexibility index (Phi) is 5.90. The van der Waals surface area contributed by atoms with Crippen LogP contribution in [0.3, 0.4) is 0 Å². The zero-order valence-electron chi connectivity index (χ0n) is 19.9. The number of hydrogen-bond donors (Lipinski definition) is 1. The molecule has 0 spiro atoms.